The average molecular weight is 259 g/mol. The maximum Gasteiger partial charge on any atom is 0.261 e. The lowest BCUT2D eigenvalue weighted by molar-refractivity contribution is 0.0992. The molecule has 0 unspecified atom stereocenters. The number of aromatic nitrogens is 1. The molecule has 0 saturated carbocycles. The highest BCUT2D eigenvalue weighted by Crippen LogP contribution is 2.21. The van der Waals surface area contributed by atoms with Crippen LogP contribution in [0.1, 0.15) is 10.4 Å². The normalized spacial score (nSPS) is 10.1. The van der Waals surface area contributed by atoms with Gasteiger partial charge in [-0.15, -0.1) is 0 Å². The Bertz CT molecular complexity index is 601. The molecule has 1 aromatic heterocycles. The first-order valence-corrected chi connectivity index (χ1v) is 5.79. The number of amides is 1. The number of hydrogen-bond acceptors (Lipinski definition) is 3. The van der Waals surface area contributed by atoms with Crippen LogP contribution in [0.5, 0.6) is 0 Å². The molecule has 0 fully saturated rings. The molecule has 0 aliphatic heterocycles. The van der Waals surface area contributed by atoms with Gasteiger partial charge in [-0.2, -0.15) is 0 Å². The lowest BCUT2D eigenvalue weighted by atomic mass is 10.2. The molecule has 5 heteroatoms. The van der Waals surface area contributed by atoms with Crippen molar-refractivity contribution in [1.82, 2.24) is 4.98 Å². The van der Waals surface area contributed by atoms with E-state index in [-0.39, 0.29) is 11.6 Å². The van der Waals surface area contributed by atoms with Crippen molar-refractivity contribution in [3.8, 4) is 0 Å². The highest BCUT2D eigenvalue weighted by molar-refractivity contribution is 6.09. The van der Waals surface area contributed by atoms with Gasteiger partial charge in [0.25, 0.3) is 5.91 Å². The van der Waals surface area contributed by atoms with Crippen LogP contribution in [-0.2, 0) is 0 Å². The Balaban J connectivity index is 2.37. The van der Waals surface area contributed by atoms with Gasteiger partial charge in [-0.05, 0) is 18.2 Å². The lowest BCUT2D eigenvalue weighted by Crippen LogP contribution is -2.27. The summed E-state index contributed by atoms with van der Waals surface area (Å²) in [7, 11) is 3.25. The molecule has 0 bridgehead atoms. The highest BCUT2D eigenvalue weighted by Gasteiger charge is 2.18. The fraction of sp³-hybridized carbons (Fsp3) is 0.143. The van der Waals surface area contributed by atoms with E-state index in [9.17, 15) is 9.18 Å². The van der Waals surface area contributed by atoms with Crippen molar-refractivity contribution in [1.29, 1.82) is 0 Å². The summed E-state index contributed by atoms with van der Waals surface area (Å²) in [6.07, 6.45) is 3.05. The minimum Gasteiger partial charge on any atom is -0.387 e. The average Bonchev–Trinajstić information content (AvgIpc) is 2.46. The van der Waals surface area contributed by atoms with Gasteiger partial charge in [-0.25, -0.2) is 4.39 Å². The Hall–Kier alpha value is -2.43. The second kappa shape index (κ2) is 5.48. The molecule has 0 aliphatic rings. The number of carbonyl (C=O) groups is 1. The van der Waals surface area contributed by atoms with E-state index in [0.29, 0.717) is 11.3 Å². The van der Waals surface area contributed by atoms with Gasteiger partial charge in [0, 0.05) is 32.2 Å². The highest BCUT2D eigenvalue weighted by atomic mass is 19.1. The van der Waals surface area contributed by atoms with Gasteiger partial charge < -0.3 is 10.2 Å². The SMILES string of the molecule is CNc1ccncc1C(=O)N(C)c1ccccc1F. The van der Waals surface area contributed by atoms with E-state index in [1.54, 1.807) is 37.5 Å². The Morgan fingerprint density at radius 3 is 2.74 bits per heavy atom. The van der Waals surface area contributed by atoms with E-state index in [4.69, 9.17) is 0 Å². The molecular weight excluding hydrogens is 245 g/mol. The summed E-state index contributed by atoms with van der Waals surface area (Å²) < 4.78 is 13.7. The largest absolute Gasteiger partial charge is 0.387 e. The van der Waals surface area contributed by atoms with Crippen LogP contribution in [0.2, 0.25) is 0 Å². The maximum absolute atomic E-state index is 13.7. The van der Waals surface area contributed by atoms with E-state index in [0.717, 1.165) is 0 Å². The smallest absolute Gasteiger partial charge is 0.261 e. The maximum atomic E-state index is 13.7. The summed E-state index contributed by atoms with van der Waals surface area (Å²) in [5, 5.41) is 2.92. The van der Waals surface area contributed by atoms with Crippen LogP contribution in [0.4, 0.5) is 15.8 Å². The summed E-state index contributed by atoms with van der Waals surface area (Å²) in [6, 6.07) is 7.84. The molecule has 0 spiro atoms. The van der Waals surface area contributed by atoms with Crippen molar-refractivity contribution in [2.24, 2.45) is 0 Å². The number of rotatable bonds is 3. The Kier molecular flexibility index (Phi) is 3.75. The van der Waals surface area contributed by atoms with Crippen LogP contribution in [0.25, 0.3) is 0 Å². The molecule has 4 nitrogen and oxygen atoms in total. The van der Waals surface area contributed by atoms with Gasteiger partial charge in [0.15, 0.2) is 0 Å². The molecule has 1 heterocycles. The van der Waals surface area contributed by atoms with E-state index in [1.165, 1.54) is 24.2 Å². The van der Waals surface area contributed by atoms with Crippen molar-refractivity contribution in [3.63, 3.8) is 0 Å². The number of pyridine rings is 1. The van der Waals surface area contributed by atoms with Gasteiger partial charge in [0.1, 0.15) is 5.82 Å². The first-order valence-electron chi connectivity index (χ1n) is 5.79. The third kappa shape index (κ3) is 2.54. The zero-order valence-corrected chi connectivity index (χ0v) is 10.7. The molecule has 1 amide bonds. The van der Waals surface area contributed by atoms with Gasteiger partial charge in [0.2, 0.25) is 0 Å². The van der Waals surface area contributed by atoms with Crippen LogP contribution >= 0.6 is 0 Å². The molecule has 98 valence electrons. The first-order chi connectivity index (χ1) is 9.15. The summed E-state index contributed by atoms with van der Waals surface area (Å²) >= 11 is 0. The van der Waals surface area contributed by atoms with Gasteiger partial charge in [-0.1, -0.05) is 12.1 Å². The molecule has 19 heavy (non-hydrogen) atoms. The molecule has 0 atom stereocenters. The predicted octanol–water partition coefficient (Wildman–Crippen LogP) is 2.54. The van der Waals surface area contributed by atoms with Gasteiger partial charge in [0.05, 0.1) is 11.3 Å². The second-order valence-corrected chi connectivity index (χ2v) is 3.99. The van der Waals surface area contributed by atoms with Crippen molar-refractivity contribution >= 4 is 17.3 Å². The molecule has 0 radical (unpaired) electrons. The number of para-hydroxylation sites is 1. The first kappa shape index (κ1) is 13.0. The topological polar surface area (TPSA) is 45.2 Å². The van der Waals surface area contributed by atoms with Crippen LogP contribution in [0.15, 0.2) is 42.7 Å². The number of nitrogens with one attached hydrogen (secondary N) is 1. The molecular formula is C14H14FN3O. The van der Waals surface area contributed by atoms with E-state index < -0.39 is 5.82 Å². The van der Waals surface area contributed by atoms with Crippen LogP contribution in [0.3, 0.4) is 0 Å². The summed E-state index contributed by atoms with van der Waals surface area (Å²) in [5.41, 5.74) is 1.29. The van der Waals surface area contributed by atoms with Crippen molar-refractivity contribution in [3.05, 3.63) is 54.1 Å². The van der Waals surface area contributed by atoms with Crippen LogP contribution in [-0.4, -0.2) is 25.0 Å². The number of halogens is 1. The monoisotopic (exact) mass is 259 g/mol. The number of hydrogen-bond donors (Lipinski definition) is 1. The van der Waals surface area contributed by atoms with Crippen LogP contribution in [0, 0.1) is 5.82 Å². The van der Waals surface area contributed by atoms with Gasteiger partial charge >= 0.3 is 0 Å². The summed E-state index contributed by atoms with van der Waals surface area (Å²) in [6.45, 7) is 0. The number of benzene rings is 1. The Morgan fingerprint density at radius 1 is 1.32 bits per heavy atom. The third-order valence-corrected chi connectivity index (χ3v) is 2.84. The van der Waals surface area contributed by atoms with Gasteiger partial charge in [-0.3, -0.25) is 9.78 Å². The minimum atomic E-state index is -0.437. The Morgan fingerprint density at radius 2 is 2.05 bits per heavy atom. The standard InChI is InChI=1S/C14H14FN3O/c1-16-12-7-8-17-9-10(12)14(19)18(2)13-6-4-3-5-11(13)15/h3-9H,1-2H3,(H,16,17). The summed E-state index contributed by atoms with van der Waals surface area (Å²) in [4.78, 5) is 17.6. The molecule has 1 N–H and O–H groups in total. The molecule has 0 saturated heterocycles. The zero-order chi connectivity index (χ0) is 13.8. The fourth-order valence-corrected chi connectivity index (χ4v) is 1.80. The fourth-order valence-electron chi connectivity index (χ4n) is 1.80. The van der Waals surface area contributed by atoms with Crippen molar-refractivity contribution < 1.29 is 9.18 Å². The summed E-state index contributed by atoms with van der Waals surface area (Å²) in [5.74, 6) is -0.754. The zero-order valence-electron chi connectivity index (χ0n) is 10.7. The minimum absolute atomic E-state index is 0.235. The third-order valence-electron chi connectivity index (χ3n) is 2.84. The van der Waals surface area contributed by atoms with Crippen molar-refractivity contribution in [2.45, 2.75) is 0 Å². The number of anilines is 2. The van der Waals surface area contributed by atoms with Crippen LogP contribution < -0.4 is 10.2 Å². The quantitative estimate of drug-likeness (QED) is 0.921. The number of nitrogens with zero attached hydrogens (tertiary/aromatic N) is 2. The van der Waals surface area contributed by atoms with E-state index in [1.807, 2.05) is 0 Å². The Labute approximate surface area is 110 Å². The van der Waals surface area contributed by atoms with E-state index in [2.05, 4.69) is 10.3 Å². The predicted molar refractivity (Wildman–Crippen MR) is 72.9 cm³/mol. The lowest BCUT2D eigenvalue weighted by Gasteiger charge is -2.19. The second-order valence-electron chi connectivity index (χ2n) is 3.99. The van der Waals surface area contributed by atoms with E-state index >= 15 is 0 Å². The molecule has 0 aliphatic carbocycles. The molecule has 1 aromatic carbocycles. The molecule has 2 aromatic rings. The molecule has 2 rings (SSSR count). The number of carbonyl (C=O) groups excluding carboxylic acids is 1. The van der Waals surface area contributed by atoms with Crippen molar-refractivity contribution in [2.75, 3.05) is 24.3 Å².